The summed E-state index contributed by atoms with van der Waals surface area (Å²) in [5.41, 5.74) is 0.466. The number of likely N-dealkylation sites (N-methyl/N-ethyl adjacent to an activating group) is 1. The number of amidine groups is 1. The Kier molecular flexibility index (Phi) is 5.01. The van der Waals surface area contributed by atoms with E-state index in [4.69, 9.17) is 5.26 Å². The number of sulfonamides is 1. The van der Waals surface area contributed by atoms with E-state index in [0.717, 1.165) is 0 Å². The molecule has 0 saturated heterocycles. The van der Waals surface area contributed by atoms with E-state index >= 15 is 0 Å². The van der Waals surface area contributed by atoms with E-state index in [2.05, 4.69) is 15.8 Å². The van der Waals surface area contributed by atoms with Gasteiger partial charge in [-0.15, -0.1) is 0 Å². The van der Waals surface area contributed by atoms with Crippen LogP contribution in [-0.2, 0) is 14.8 Å². The standard InChI is InChI=1S/C15H18N4O3S/c1-3-19(10-11(2)8-16)14(20)9-17-15-12-6-4-5-7-13(12)23(21,22)18-15/h4-7,11H,3,9-10H2,1-2H3,(H,17,18)/t11-/m0/s1. The Morgan fingerprint density at radius 2 is 2.13 bits per heavy atom. The normalized spacial score (nSPS) is 17.9. The highest BCUT2D eigenvalue weighted by atomic mass is 32.2. The molecule has 1 aromatic carbocycles. The summed E-state index contributed by atoms with van der Waals surface area (Å²) in [6.45, 7) is 4.20. The summed E-state index contributed by atoms with van der Waals surface area (Å²) < 4.78 is 26.3. The lowest BCUT2D eigenvalue weighted by Crippen LogP contribution is -2.36. The van der Waals surface area contributed by atoms with E-state index < -0.39 is 10.0 Å². The van der Waals surface area contributed by atoms with Crippen LogP contribution < -0.4 is 4.72 Å². The molecule has 1 aliphatic heterocycles. The third-order valence-electron chi connectivity index (χ3n) is 3.48. The fourth-order valence-corrected chi connectivity index (χ4v) is 3.53. The molecule has 2 rings (SSSR count). The Balaban J connectivity index is 2.15. The molecule has 0 saturated carbocycles. The van der Waals surface area contributed by atoms with Crippen LogP contribution in [-0.4, -0.2) is 44.7 Å². The van der Waals surface area contributed by atoms with Gasteiger partial charge in [0.2, 0.25) is 5.91 Å². The quantitative estimate of drug-likeness (QED) is 0.857. The number of benzene rings is 1. The maximum absolute atomic E-state index is 12.2. The van der Waals surface area contributed by atoms with Crippen molar-refractivity contribution in [2.75, 3.05) is 19.6 Å². The molecule has 1 amide bonds. The average Bonchev–Trinajstić information content (AvgIpc) is 2.81. The van der Waals surface area contributed by atoms with Gasteiger partial charge in [-0.1, -0.05) is 12.1 Å². The first-order valence-electron chi connectivity index (χ1n) is 7.23. The number of hydrogen-bond acceptors (Lipinski definition) is 5. The van der Waals surface area contributed by atoms with Crippen LogP contribution in [0.4, 0.5) is 0 Å². The number of carbonyl (C=O) groups excluding carboxylic acids is 1. The molecule has 0 fully saturated rings. The summed E-state index contributed by atoms with van der Waals surface area (Å²) in [6.07, 6.45) is 0. The number of amides is 1. The summed E-state index contributed by atoms with van der Waals surface area (Å²) in [5.74, 6) is -0.332. The lowest BCUT2D eigenvalue weighted by atomic mass is 10.2. The Labute approximate surface area is 135 Å². The van der Waals surface area contributed by atoms with E-state index in [1.165, 1.54) is 11.0 Å². The van der Waals surface area contributed by atoms with Crippen LogP contribution in [0.15, 0.2) is 34.2 Å². The van der Waals surface area contributed by atoms with Gasteiger partial charge >= 0.3 is 0 Å². The van der Waals surface area contributed by atoms with E-state index in [9.17, 15) is 13.2 Å². The molecule has 0 aliphatic carbocycles. The molecule has 0 spiro atoms. The van der Waals surface area contributed by atoms with Crippen molar-refractivity contribution in [1.29, 1.82) is 5.26 Å². The topological polar surface area (TPSA) is 103 Å². The smallest absolute Gasteiger partial charge is 0.263 e. The second kappa shape index (κ2) is 6.79. The van der Waals surface area contributed by atoms with Gasteiger partial charge in [0, 0.05) is 18.7 Å². The van der Waals surface area contributed by atoms with Gasteiger partial charge < -0.3 is 4.90 Å². The predicted octanol–water partition coefficient (Wildman–Crippen LogP) is 0.733. The molecule has 1 heterocycles. The van der Waals surface area contributed by atoms with Gasteiger partial charge in [-0.2, -0.15) is 5.26 Å². The molecule has 1 aliphatic rings. The minimum atomic E-state index is -3.60. The minimum Gasteiger partial charge on any atom is -0.340 e. The molecule has 1 atom stereocenters. The predicted molar refractivity (Wildman–Crippen MR) is 85.2 cm³/mol. The highest BCUT2D eigenvalue weighted by Crippen LogP contribution is 2.22. The van der Waals surface area contributed by atoms with Gasteiger partial charge in [-0.3, -0.25) is 14.5 Å². The molecule has 1 aromatic rings. The van der Waals surface area contributed by atoms with E-state index in [1.807, 2.05) is 6.92 Å². The number of carbonyl (C=O) groups is 1. The van der Waals surface area contributed by atoms with Gasteiger partial charge in [-0.05, 0) is 26.0 Å². The molecular formula is C15H18N4O3S. The third-order valence-corrected chi connectivity index (χ3v) is 4.88. The zero-order chi connectivity index (χ0) is 17.0. The van der Waals surface area contributed by atoms with Crippen LogP contribution in [0.1, 0.15) is 19.4 Å². The van der Waals surface area contributed by atoms with Crippen molar-refractivity contribution in [3.63, 3.8) is 0 Å². The first kappa shape index (κ1) is 17.0. The fraction of sp³-hybridized carbons (Fsp3) is 0.400. The molecule has 0 aromatic heterocycles. The number of nitrogens with zero attached hydrogens (tertiary/aromatic N) is 3. The molecule has 0 bridgehead atoms. The average molecular weight is 334 g/mol. The van der Waals surface area contributed by atoms with Crippen LogP contribution in [0, 0.1) is 17.2 Å². The van der Waals surface area contributed by atoms with Crippen molar-refractivity contribution < 1.29 is 13.2 Å². The highest BCUT2D eigenvalue weighted by Gasteiger charge is 2.30. The second-order valence-electron chi connectivity index (χ2n) is 5.23. The maximum Gasteiger partial charge on any atom is 0.263 e. The van der Waals surface area contributed by atoms with Crippen molar-refractivity contribution in [2.24, 2.45) is 10.9 Å². The Hall–Kier alpha value is -2.40. The molecule has 0 unspecified atom stereocenters. The van der Waals surface area contributed by atoms with Crippen LogP contribution in [0.5, 0.6) is 0 Å². The molecule has 23 heavy (non-hydrogen) atoms. The van der Waals surface area contributed by atoms with Crippen LogP contribution in [0.25, 0.3) is 0 Å². The number of hydrogen-bond donors (Lipinski definition) is 1. The van der Waals surface area contributed by atoms with E-state index in [1.54, 1.807) is 25.1 Å². The van der Waals surface area contributed by atoms with Crippen molar-refractivity contribution in [1.82, 2.24) is 9.62 Å². The Bertz CT molecular complexity index is 780. The molecule has 7 nitrogen and oxygen atoms in total. The van der Waals surface area contributed by atoms with E-state index in [0.29, 0.717) is 18.7 Å². The monoisotopic (exact) mass is 334 g/mol. The van der Waals surface area contributed by atoms with Crippen molar-refractivity contribution in [2.45, 2.75) is 18.7 Å². The number of rotatable bonds is 5. The highest BCUT2D eigenvalue weighted by molar-refractivity contribution is 7.90. The SMILES string of the molecule is CCN(C[C@@H](C)C#N)C(=O)CN=C1NS(=O)(=O)c2ccccc21. The first-order valence-corrected chi connectivity index (χ1v) is 8.71. The summed E-state index contributed by atoms with van der Waals surface area (Å²) in [7, 11) is -3.60. The van der Waals surface area contributed by atoms with Crippen molar-refractivity contribution >= 4 is 21.8 Å². The molecule has 1 N–H and O–H groups in total. The van der Waals surface area contributed by atoms with Gasteiger partial charge in [-0.25, -0.2) is 8.42 Å². The Morgan fingerprint density at radius 3 is 2.78 bits per heavy atom. The molecular weight excluding hydrogens is 316 g/mol. The maximum atomic E-state index is 12.2. The zero-order valence-corrected chi connectivity index (χ0v) is 13.8. The number of nitriles is 1. The summed E-state index contributed by atoms with van der Waals surface area (Å²) in [6, 6.07) is 8.57. The summed E-state index contributed by atoms with van der Waals surface area (Å²) in [4.78, 5) is 18.0. The van der Waals surface area contributed by atoms with Gasteiger partial charge in [0.1, 0.15) is 12.4 Å². The Morgan fingerprint density at radius 1 is 1.43 bits per heavy atom. The minimum absolute atomic E-state index is 0.164. The summed E-state index contributed by atoms with van der Waals surface area (Å²) in [5, 5.41) is 8.84. The largest absolute Gasteiger partial charge is 0.340 e. The number of fused-ring (bicyclic) bond motifs is 1. The van der Waals surface area contributed by atoms with Crippen LogP contribution >= 0.6 is 0 Å². The molecule has 122 valence electrons. The first-order chi connectivity index (χ1) is 10.9. The summed E-state index contributed by atoms with van der Waals surface area (Å²) >= 11 is 0. The lowest BCUT2D eigenvalue weighted by molar-refractivity contribution is -0.129. The molecule has 0 radical (unpaired) electrons. The second-order valence-corrected chi connectivity index (χ2v) is 6.88. The van der Waals surface area contributed by atoms with Gasteiger partial charge in [0.15, 0.2) is 0 Å². The van der Waals surface area contributed by atoms with Crippen molar-refractivity contribution in [3.05, 3.63) is 29.8 Å². The van der Waals surface area contributed by atoms with Gasteiger partial charge in [0.25, 0.3) is 10.0 Å². The lowest BCUT2D eigenvalue weighted by Gasteiger charge is -2.21. The van der Waals surface area contributed by atoms with Crippen LogP contribution in [0.3, 0.4) is 0 Å². The van der Waals surface area contributed by atoms with E-state index in [-0.39, 0.29) is 29.1 Å². The molecule has 8 heteroatoms. The third kappa shape index (κ3) is 3.68. The number of nitrogens with one attached hydrogen (secondary N) is 1. The van der Waals surface area contributed by atoms with Crippen molar-refractivity contribution in [3.8, 4) is 6.07 Å². The zero-order valence-electron chi connectivity index (χ0n) is 13.0. The van der Waals surface area contributed by atoms with Crippen LogP contribution in [0.2, 0.25) is 0 Å². The van der Waals surface area contributed by atoms with Gasteiger partial charge in [0.05, 0.1) is 16.9 Å². The fourth-order valence-electron chi connectivity index (χ4n) is 2.28. The number of aliphatic imine (C=N–C) groups is 1.